The molecule has 0 atom stereocenters. The van der Waals surface area contributed by atoms with Gasteiger partial charge >= 0.3 is 0 Å². The van der Waals surface area contributed by atoms with Crippen molar-refractivity contribution in [3.05, 3.63) is 71.4 Å². The van der Waals surface area contributed by atoms with Crippen LogP contribution in [0.25, 0.3) is 0 Å². The minimum absolute atomic E-state index is 0.0687. The first-order valence-corrected chi connectivity index (χ1v) is 9.05. The van der Waals surface area contributed by atoms with Crippen molar-refractivity contribution in [2.75, 3.05) is 18.9 Å². The molecule has 0 aliphatic carbocycles. The van der Waals surface area contributed by atoms with Crippen LogP contribution in [0.3, 0.4) is 0 Å². The van der Waals surface area contributed by atoms with E-state index in [1.165, 1.54) is 4.90 Å². The molecule has 0 saturated carbocycles. The summed E-state index contributed by atoms with van der Waals surface area (Å²) in [5.41, 5.74) is 2.13. The first-order chi connectivity index (χ1) is 13.9. The van der Waals surface area contributed by atoms with E-state index in [0.29, 0.717) is 28.7 Å². The minimum atomic E-state index is -0.330. The summed E-state index contributed by atoms with van der Waals surface area (Å²) in [4.78, 5) is 30.5. The number of rotatable bonds is 7. The second-order valence-electron chi connectivity index (χ2n) is 6.59. The molecule has 0 spiro atoms. The van der Waals surface area contributed by atoms with Gasteiger partial charge in [-0.15, -0.1) is 0 Å². The lowest BCUT2D eigenvalue weighted by Crippen LogP contribution is -2.35. The molecule has 2 amide bonds. The third-order valence-electron chi connectivity index (χ3n) is 4.11. The van der Waals surface area contributed by atoms with Crippen molar-refractivity contribution in [2.24, 2.45) is 0 Å². The lowest BCUT2D eigenvalue weighted by Gasteiger charge is -2.18. The number of carbonyl (C=O) groups is 2. The number of carbonyl (C=O) groups excluding carboxylic acids is 2. The first-order valence-electron chi connectivity index (χ1n) is 9.05. The minimum Gasteiger partial charge on any atom is -0.485 e. The molecule has 8 nitrogen and oxygen atoms in total. The Labute approximate surface area is 168 Å². The Kier molecular flexibility index (Phi) is 6.23. The second kappa shape index (κ2) is 9.01. The Bertz CT molecular complexity index is 998. The smallest absolute Gasteiger partial charge is 0.257 e. The maximum absolute atomic E-state index is 12.8. The predicted molar refractivity (Wildman–Crippen MR) is 107 cm³/mol. The van der Waals surface area contributed by atoms with E-state index in [2.05, 4.69) is 15.5 Å². The number of hydrogen-bond donors (Lipinski definition) is 1. The van der Waals surface area contributed by atoms with Crippen LogP contribution in [0, 0.1) is 13.8 Å². The van der Waals surface area contributed by atoms with E-state index in [9.17, 15) is 9.59 Å². The largest absolute Gasteiger partial charge is 0.485 e. The summed E-state index contributed by atoms with van der Waals surface area (Å²) >= 11 is 0. The average Bonchev–Trinajstić information content (AvgIpc) is 3.13. The lowest BCUT2D eigenvalue weighted by atomic mass is 10.1. The van der Waals surface area contributed by atoms with Crippen LogP contribution in [0.15, 0.2) is 53.1 Å². The van der Waals surface area contributed by atoms with Gasteiger partial charge in [-0.1, -0.05) is 35.0 Å². The van der Waals surface area contributed by atoms with Gasteiger partial charge in [-0.05, 0) is 31.2 Å². The van der Waals surface area contributed by atoms with E-state index in [1.807, 2.05) is 31.2 Å². The first kappa shape index (κ1) is 20.1. The van der Waals surface area contributed by atoms with Crippen LogP contribution < -0.4 is 10.1 Å². The van der Waals surface area contributed by atoms with E-state index >= 15 is 0 Å². The number of ether oxygens (including phenoxy) is 1. The van der Waals surface area contributed by atoms with Gasteiger partial charge in [-0.3, -0.25) is 9.59 Å². The third-order valence-corrected chi connectivity index (χ3v) is 4.11. The summed E-state index contributed by atoms with van der Waals surface area (Å²) in [5, 5.41) is 6.54. The van der Waals surface area contributed by atoms with Gasteiger partial charge in [0, 0.05) is 19.7 Å². The van der Waals surface area contributed by atoms with E-state index in [0.717, 1.165) is 5.56 Å². The molecule has 3 rings (SSSR count). The fourth-order valence-electron chi connectivity index (χ4n) is 2.64. The summed E-state index contributed by atoms with van der Waals surface area (Å²) in [5.74, 6) is 0.586. The highest BCUT2D eigenvalue weighted by molar-refractivity contribution is 6.00. The van der Waals surface area contributed by atoms with E-state index < -0.39 is 0 Å². The molecule has 1 heterocycles. The number of aromatic nitrogens is 2. The van der Waals surface area contributed by atoms with Crippen LogP contribution in [0.4, 0.5) is 5.69 Å². The Balaban J connectivity index is 1.62. The number of anilines is 1. The molecular formula is C21H22N4O4. The number of amides is 2. The molecule has 0 saturated heterocycles. The Morgan fingerprint density at radius 3 is 2.52 bits per heavy atom. The normalized spacial score (nSPS) is 10.4. The summed E-state index contributed by atoms with van der Waals surface area (Å²) in [6.45, 7) is 3.63. The van der Waals surface area contributed by atoms with Crippen LogP contribution in [0.5, 0.6) is 5.75 Å². The lowest BCUT2D eigenvalue weighted by molar-refractivity contribution is -0.116. The van der Waals surface area contributed by atoms with Gasteiger partial charge in [-0.25, -0.2) is 0 Å². The highest BCUT2D eigenvalue weighted by Crippen LogP contribution is 2.20. The zero-order valence-corrected chi connectivity index (χ0v) is 16.5. The topological polar surface area (TPSA) is 97.6 Å². The summed E-state index contributed by atoms with van der Waals surface area (Å²) in [7, 11) is 1.57. The molecule has 0 aliphatic heterocycles. The molecule has 0 radical (unpaired) electrons. The molecule has 29 heavy (non-hydrogen) atoms. The quantitative estimate of drug-likeness (QED) is 0.662. The number of nitrogens with one attached hydrogen (secondary N) is 1. The fourth-order valence-corrected chi connectivity index (χ4v) is 2.64. The van der Waals surface area contributed by atoms with Crippen LogP contribution in [0.1, 0.15) is 27.6 Å². The second-order valence-corrected chi connectivity index (χ2v) is 6.59. The molecule has 150 valence electrons. The van der Waals surface area contributed by atoms with Crippen LogP contribution in [-0.4, -0.2) is 40.4 Å². The van der Waals surface area contributed by atoms with E-state index in [4.69, 9.17) is 9.26 Å². The van der Waals surface area contributed by atoms with Gasteiger partial charge in [0.25, 0.3) is 5.91 Å². The maximum atomic E-state index is 12.8. The zero-order chi connectivity index (χ0) is 20.8. The van der Waals surface area contributed by atoms with Crippen LogP contribution in [-0.2, 0) is 11.4 Å². The zero-order valence-electron chi connectivity index (χ0n) is 16.5. The molecule has 0 bridgehead atoms. The van der Waals surface area contributed by atoms with Gasteiger partial charge < -0.3 is 19.5 Å². The van der Waals surface area contributed by atoms with Crippen molar-refractivity contribution in [1.29, 1.82) is 0 Å². The van der Waals surface area contributed by atoms with Gasteiger partial charge in [-0.2, -0.15) is 4.98 Å². The molecular weight excluding hydrogens is 372 g/mol. The molecule has 1 aromatic heterocycles. The number of hydrogen-bond acceptors (Lipinski definition) is 6. The molecule has 8 heteroatoms. The number of para-hydroxylation sites is 1. The SMILES string of the molecule is Cc1ccc(NC(=O)CN(C)C(=O)c2ccccc2OCc2noc(C)n2)cc1. The van der Waals surface area contributed by atoms with Crippen molar-refractivity contribution in [3.63, 3.8) is 0 Å². The number of benzene rings is 2. The Morgan fingerprint density at radius 1 is 1.10 bits per heavy atom. The van der Waals surface area contributed by atoms with Crippen molar-refractivity contribution >= 4 is 17.5 Å². The van der Waals surface area contributed by atoms with Gasteiger partial charge in [0.1, 0.15) is 5.75 Å². The van der Waals surface area contributed by atoms with Crippen LogP contribution >= 0.6 is 0 Å². The average molecular weight is 394 g/mol. The summed E-state index contributed by atoms with van der Waals surface area (Å²) in [6.07, 6.45) is 0. The molecule has 1 N–H and O–H groups in total. The molecule has 2 aromatic carbocycles. The number of nitrogens with zero attached hydrogens (tertiary/aromatic N) is 3. The monoisotopic (exact) mass is 394 g/mol. The van der Waals surface area contributed by atoms with E-state index in [1.54, 1.807) is 38.2 Å². The highest BCUT2D eigenvalue weighted by Gasteiger charge is 2.19. The standard InChI is InChI=1S/C21H22N4O4/c1-14-8-10-16(11-9-14)23-20(26)12-25(3)21(27)17-6-4-5-7-18(17)28-13-19-22-15(2)29-24-19/h4-11H,12-13H2,1-3H3,(H,23,26). The maximum Gasteiger partial charge on any atom is 0.257 e. The van der Waals surface area contributed by atoms with Crippen molar-refractivity contribution < 1.29 is 18.8 Å². The van der Waals surface area contributed by atoms with Crippen molar-refractivity contribution in [3.8, 4) is 5.75 Å². The summed E-state index contributed by atoms with van der Waals surface area (Å²) < 4.78 is 10.6. The molecule has 0 unspecified atom stereocenters. The van der Waals surface area contributed by atoms with Gasteiger partial charge in [0.2, 0.25) is 17.6 Å². The number of aryl methyl sites for hydroxylation is 2. The van der Waals surface area contributed by atoms with Gasteiger partial charge in [0.15, 0.2) is 6.61 Å². The third kappa shape index (κ3) is 5.41. The van der Waals surface area contributed by atoms with Crippen LogP contribution in [0.2, 0.25) is 0 Å². The Hall–Kier alpha value is -3.68. The fraction of sp³-hybridized carbons (Fsp3) is 0.238. The highest BCUT2D eigenvalue weighted by atomic mass is 16.5. The summed E-state index contributed by atoms with van der Waals surface area (Å²) in [6, 6.07) is 14.3. The molecule has 3 aromatic rings. The van der Waals surface area contributed by atoms with E-state index in [-0.39, 0.29) is 25.0 Å². The van der Waals surface area contributed by atoms with Crippen molar-refractivity contribution in [1.82, 2.24) is 15.0 Å². The predicted octanol–water partition coefficient (Wildman–Crippen LogP) is 2.98. The molecule has 0 fully saturated rings. The van der Waals surface area contributed by atoms with Crippen molar-refractivity contribution in [2.45, 2.75) is 20.5 Å². The molecule has 0 aliphatic rings. The van der Waals surface area contributed by atoms with Gasteiger partial charge in [0.05, 0.1) is 12.1 Å². The Morgan fingerprint density at radius 2 is 1.83 bits per heavy atom. The number of likely N-dealkylation sites (N-methyl/N-ethyl adjacent to an activating group) is 1.